The van der Waals surface area contributed by atoms with E-state index in [1.54, 1.807) is 54.6 Å². The maximum Gasteiger partial charge on any atom is 0.261 e. The van der Waals surface area contributed by atoms with Crippen LogP contribution in [0.2, 0.25) is 0 Å². The van der Waals surface area contributed by atoms with Crippen molar-refractivity contribution in [3.63, 3.8) is 0 Å². The van der Waals surface area contributed by atoms with Gasteiger partial charge in [0.1, 0.15) is 0 Å². The number of carbonyl (C=O) groups is 1. The second-order valence-corrected chi connectivity index (χ2v) is 11.3. The summed E-state index contributed by atoms with van der Waals surface area (Å²) in [5.74, 6) is -0.560. The lowest BCUT2D eigenvalue weighted by Gasteiger charge is -2.13. The average Bonchev–Trinajstić information content (AvgIpc) is 2.85. The van der Waals surface area contributed by atoms with Crippen molar-refractivity contribution in [2.45, 2.75) is 16.7 Å². The smallest absolute Gasteiger partial charge is 0.261 e. The lowest BCUT2D eigenvalue weighted by atomic mass is 10.1. The molecule has 0 unspecified atom stereocenters. The molecule has 0 aliphatic heterocycles. The molecule has 0 aliphatic rings. The fourth-order valence-corrected chi connectivity index (χ4v) is 5.47. The molecule has 36 heavy (non-hydrogen) atoms. The number of benzene rings is 4. The van der Waals surface area contributed by atoms with Gasteiger partial charge in [-0.25, -0.2) is 16.8 Å². The molecular weight excluding hydrogens is 498 g/mol. The van der Waals surface area contributed by atoms with Crippen molar-refractivity contribution in [3.05, 3.63) is 114 Å². The number of amides is 1. The maximum atomic E-state index is 12.9. The number of hydrogen-bond donors (Lipinski definition) is 3. The molecule has 4 aromatic rings. The Bertz CT molecular complexity index is 1590. The Morgan fingerprint density at radius 1 is 0.583 bits per heavy atom. The third-order valence-corrected chi connectivity index (χ3v) is 7.97. The summed E-state index contributed by atoms with van der Waals surface area (Å²) in [6.45, 7) is 1.85. The molecule has 0 aromatic heterocycles. The first-order chi connectivity index (χ1) is 17.1. The summed E-state index contributed by atoms with van der Waals surface area (Å²) in [5, 5.41) is 2.67. The van der Waals surface area contributed by atoms with Crippen LogP contribution >= 0.6 is 0 Å². The van der Waals surface area contributed by atoms with Crippen molar-refractivity contribution < 1.29 is 21.6 Å². The van der Waals surface area contributed by atoms with Crippen LogP contribution in [0.25, 0.3) is 0 Å². The highest BCUT2D eigenvalue weighted by Crippen LogP contribution is 2.23. The molecule has 8 nitrogen and oxygen atoms in total. The fourth-order valence-electron chi connectivity index (χ4n) is 3.33. The molecule has 184 valence electrons. The van der Waals surface area contributed by atoms with Crippen molar-refractivity contribution in [1.82, 2.24) is 0 Å². The van der Waals surface area contributed by atoms with Gasteiger partial charge in [0, 0.05) is 11.4 Å². The molecule has 4 aromatic carbocycles. The highest BCUT2D eigenvalue weighted by molar-refractivity contribution is 7.93. The van der Waals surface area contributed by atoms with Crippen LogP contribution in [-0.2, 0) is 20.0 Å². The summed E-state index contributed by atoms with van der Waals surface area (Å²) in [4.78, 5) is 13.0. The number of rotatable bonds is 8. The molecule has 0 saturated heterocycles. The molecule has 0 saturated carbocycles. The topological polar surface area (TPSA) is 121 Å². The van der Waals surface area contributed by atoms with Crippen molar-refractivity contribution in [3.8, 4) is 0 Å². The lowest BCUT2D eigenvalue weighted by Crippen LogP contribution is -2.18. The number of para-hydroxylation sites is 2. The standard InChI is InChI=1S/C26H23N3O5S2/c1-19-11-15-22(16-12-19)36(33,34)29-25-10-6-5-9-24(25)26(30)27-20-13-17-23(18-14-20)35(31,32)28-21-7-3-2-4-8-21/h2-18,28-29H,1H3,(H,27,30). The van der Waals surface area contributed by atoms with Crippen molar-refractivity contribution in [2.24, 2.45) is 0 Å². The molecule has 4 rings (SSSR count). The van der Waals surface area contributed by atoms with Crippen LogP contribution < -0.4 is 14.8 Å². The van der Waals surface area contributed by atoms with Crippen LogP contribution in [0.3, 0.4) is 0 Å². The molecule has 0 atom stereocenters. The number of carbonyl (C=O) groups excluding carboxylic acids is 1. The third-order valence-electron chi connectivity index (χ3n) is 5.20. The Morgan fingerprint density at radius 3 is 1.75 bits per heavy atom. The van der Waals surface area contributed by atoms with E-state index in [2.05, 4.69) is 14.8 Å². The van der Waals surface area contributed by atoms with Crippen molar-refractivity contribution >= 4 is 43.0 Å². The molecule has 0 bridgehead atoms. The average molecular weight is 522 g/mol. The number of aryl methyl sites for hydroxylation is 1. The van der Waals surface area contributed by atoms with E-state index >= 15 is 0 Å². The zero-order chi connectivity index (χ0) is 25.8. The molecule has 1 amide bonds. The van der Waals surface area contributed by atoms with E-state index in [4.69, 9.17) is 0 Å². The second kappa shape index (κ2) is 10.2. The van der Waals surface area contributed by atoms with Gasteiger partial charge < -0.3 is 5.32 Å². The highest BCUT2D eigenvalue weighted by Gasteiger charge is 2.19. The summed E-state index contributed by atoms with van der Waals surface area (Å²) < 4.78 is 55.8. The Balaban J connectivity index is 1.50. The van der Waals surface area contributed by atoms with Gasteiger partial charge in [0.15, 0.2) is 0 Å². The van der Waals surface area contributed by atoms with Crippen LogP contribution in [0.5, 0.6) is 0 Å². The van der Waals surface area contributed by atoms with E-state index < -0.39 is 26.0 Å². The Hall–Kier alpha value is -4.15. The van der Waals surface area contributed by atoms with Crippen molar-refractivity contribution in [1.29, 1.82) is 0 Å². The summed E-state index contributed by atoms with van der Waals surface area (Å²) in [6.07, 6.45) is 0. The monoisotopic (exact) mass is 521 g/mol. The minimum atomic E-state index is -3.91. The van der Waals surface area contributed by atoms with Gasteiger partial charge in [-0.2, -0.15) is 0 Å². The van der Waals surface area contributed by atoms with E-state index in [1.807, 2.05) is 6.92 Å². The molecule has 0 spiro atoms. The van der Waals surface area contributed by atoms with Crippen molar-refractivity contribution in [2.75, 3.05) is 14.8 Å². The molecule has 0 heterocycles. The number of sulfonamides is 2. The Morgan fingerprint density at radius 2 is 1.11 bits per heavy atom. The first kappa shape index (κ1) is 25.0. The van der Waals surface area contributed by atoms with Gasteiger partial charge in [-0.15, -0.1) is 0 Å². The second-order valence-electron chi connectivity index (χ2n) is 7.91. The number of anilines is 3. The van der Waals surface area contributed by atoms with Crippen LogP contribution in [0.1, 0.15) is 15.9 Å². The van der Waals surface area contributed by atoms with Gasteiger partial charge in [-0.05, 0) is 67.6 Å². The minimum Gasteiger partial charge on any atom is -0.322 e. The van der Waals surface area contributed by atoms with E-state index in [-0.39, 0.29) is 21.0 Å². The largest absolute Gasteiger partial charge is 0.322 e. The van der Waals surface area contributed by atoms with Gasteiger partial charge in [-0.3, -0.25) is 14.2 Å². The lowest BCUT2D eigenvalue weighted by molar-refractivity contribution is 0.102. The van der Waals surface area contributed by atoms with Crippen LogP contribution in [0.4, 0.5) is 17.1 Å². The molecular formula is C26H23N3O5S2. The summed E-state index contributed by atoms with van der Waals surface area (Å²) >= 11 is 0. The quantitative estimate of drug-likeness (QED) is 0.306. The van der Waals surface area contributed by atoms with Gasteiger partial charge in [0.2, 0.25) is 0 Å². The fraction of sp³-hybridized carbons (Fsp3) is 0.0385. The molecule has 0 radical (unpaired) electrons. The Labute approximate surface area is 210 Å². The Kier molecular flexibility index (Phi) is 7.09. The molecule has 0 fully saturated rings. The summed E-state index contributed by atoms with van der Waals surface area (Å²) in [7, 11) is -7.72. The van der Waals surface area contributed by atoms with E-state index in [9.17, 15) is 21.6 Å². The molecule has 0 aliphatic carbocycles. The van der Waals surface area contributed by atoms with Gasteiger partial charge in [-0.1, -0.05) is 48.0 Å². The van der Waals surface area contributed by atoms with Crippen LogP contribution in [0, 0.1) is 6.92 Å². The molecule has 3 N–H and O–H groups in total. The predicted molar refractivity (Wildman–Crippen MR) is 140 cm³/mol. The summed E-state index contributed by atoms with van der Waals surface area (Å²) in [6, 6.07) is 26.7. The first-order valence-electron chi connectivity index (χ1n) is 10.8. The normalized spacial score (nSPS) is 11.5. The number of hydrogen-bond acceptors (Lipinski definition) is 5. The van der Waals surface area contributed by atoms with Gasteiger partial charge in [0.05, 0.1) is 21.0 Å². The predicted octanol–water partition coefficient (Wildman–Crippen LogP) is 4.85. The van der Waals surface area contributed by atoms with E-state index in [0.29, 0.717) is 11.4 Å². The number of nitrogens with one attached hydrogen (secondary N) is 3. The van der Waals surface area contributed by atoms with Crippen LogP contribution in [-0.4, -0.2) is 22.7 Å². The summed E-state index contributed by atoms with van der Waals surface area (Å²) in [5.41, 5.74) is 1.91. The maximum absolute atomic E-state index is 12.9. The SMILES string of the molecule is Cc1ccc(S(=O)(=O)Nc2ccccc2C(=O)Nc2ccc(S(=O)(=O)Nc3ccccc3)cc2)cc1. The highest BCUT2D eigenvalue weighted by atomic mass is 32.2. The zero-order valence-electron chi connectivity index (χ0n) is 19.2. The zero-order valence-corrected chi connectivity index (χ0v) is 20.8. The van der Waals surface area contributed by atoms with Gasteiger partial charge >= 0.3 is 0 Å². The van der Waals surface area contributed by atoms with Crippen LogP contribution in [0.15, 0.2) is 113 Å². The third kappa shape index (κ3) is 5.91. The minimum absolute atomic E-state index is 0.0237. The van der Waals surface area contributed by atoms with Gasteiger partial charge in [0.25, 0.3) is 26.0 Å². The molecule has 10 heteroatoms. The van der Waals surface area contributed by atoms with E-state index in [0.717, 1.165) is 5.56 Å². The van der Waals surface area contributed by atoms with E-state index in [1.165, 1.54) is 48.5 Å². The first-order valence-corrected chi connectivity index (χ1v) is 13.8.